The van der Waals surface area contributed by atoms with Crippen LogP contribution >= 0.6 is 7.82 Å². The third-order valence-electron chi connectivity index (χ3n) is 10.9. The molecule has 0 saturated heterocycles. The number of carbonyl (C=O) groups excluding carboxylic acids is 1. The number of carbonyl (C=O) groups is 1. The predicted octanol–water partition coefficient (Wildman–Crippen LogP) is 15.2. The van der Waals surface area contributed by atoms with E-state index in [2.05, 4.69) is 129 Å². The highest BCUT2D eigenvalue weighted by atomic mass is 31.2. The van der Waals surface area contributed by atoms with Gasteiger partial charge in [-0.15, -0.1) is 0 Å². The van der Waals surface area contributed by atoms with Crippen molar-refractivity contribution in [2.75, 3.05) is 40.9 Å². The molecule has 0 bridgehead atoms. The molecule has 67 heavy (non-hydrogen) atoms. The Hall–Kier alpha value is -3.10. The molecule has 1 amide bonds. The van der Waals surface area contributed by atoms with E-state index in [1.165, 1.54) is 77.0 Å². The van der Waals surface area contributed by atoms with E-state index in [-0.39, 0.29) is 18.9 Å². The number of quaternary nitrogens is 1. The number of hydrogen-bond donors (Lipinski definition) is 2. The van der Waals surface area contributed by atoms with Crippen LogP contribution in [0.4, 0.5) is 0 Å². The van der Waals surface area contributed by atoms with Crippen molar-refractivity contribution < 1.29 is 32.9 Å². The van der Waals surface area contributed by atoms with Gasteiger partial charge in [0.2, 0.25) is 5.91 Å². The Kier molecular flexibility index (Phi) is 45.7. The van der Waals surface area contributed by atoms with Crippen LogP contribution in [0.2, 0.25) is 0 Å². The molecule has 0 fully saturated rings. The molecule has 2 N–H and O–H groups in total. The first-order valence-corrected chi connectivity index (χ1v) is 27.9. The first-order chi connectivity index (χ1) is 32.5. The fourth-order valence-electron chi connectivity index (χ4n) is 6.77. The molecule has 0 saturated carbocycles. The van der Waals surface area contributed by atoms with Crippen molar-refractivity contribution >= 4 is 13.7 Å². The van der Waals surface area contributed by atoms with Gasteiger partial charge < -0.3 is 28.8 Å². The molecule has 0 spiro atoms. The SMILES string of the molecule is CC/C=C\C/C=C\C/C=C\C/C=C\C/C=C\C/C=C\C/C=C\C/C=C\CCCCC(=O)NC(COP(=O)([O-])OCC[N+](C)(C)C)C(O)/C=C/CC/C=C/CCCCCCCCCCCCCC. The van der Waals surface area contributed by atoms with Crippen LogP contribution in [0.5, 0.6) is 0 Å². The number of unbranched alkanes of at least 4 members (excludes halogenated alkanes) is 15. The van der Waals surface area contributed by atoms with Gasteiger partial charge in [0.05, 0.1) is 39.9 Å². The maximum Gasteiger partial charge on any atom is 0.268 e. The minimum absolute atomic E-state index is 0.0222. The van der Waals surface area contributed by atoms with Crippen molar-refractivity contribution in [2.24, 2.45) is 0 Å². The molecule has 0 radical (unpaired) electrons. The number of hydrogen-bond acceptors (Lipinski definition) is 6. The summed E-state index contributed by atoms with van der Waals surface area (Å²) in [5, 5.41) is 13.8. The average molecular weight is 951 g/mol. The van der Waals surface area contributed by atoms with Gasteiger partial charge in [-0.05, 0) is 96.3 Å². The molecular formula is C58H99N2O6P. The largest absolute Gasteiger partial charge is 0.756 e. The summed E-state index contributed by atoms with van der Waals surface area (Å²) in [6.45, 7) is 4.46. The number of allylic oxidation sites excluding steroid dienone is 19. The molecule has 0 aromatic heterocycles. The van der Waals surface area contributed by atoms with Gasteiger partial charge in [0.25, 0.3) is 7.82 Å². The normalized spacial score (nSPS) is 15.0. The highest BCUT2D eigenvalue weighted by molar-refractivity contribution is 7.45. The molecule has 382 valence electrons. The van der Waals surface area contributed by atoms with E-state index in [4.69, 9.17) is 9.05 Å². The monoisotopic (exact) mass is 951 g/mol. The fraction of sp³-hybridized carbons (Fsp3) is 0.638. The fourth-order valence-corrected chi connectivity index (χ4v) is 7.49. The molecule has 9 heteroatoms. The van der Waals surface area contributed by atoms with Crippen LogP contribution in [0, 0.1) is 0 Å². The Balaban J connectivity index is 4.46. The zero-order valence-electron chi connectivity index (χ0n) is 43.3. The molecule has 0 aliphatic carbocycles. The summed E-state index contributed by atoms with van der Waals surface area (Å²) in [7, 11) is 1.19. The number of rotatable bonds is 46. The standard InChI is InChI=1S/C58H99N2O6P/c1-6-8-10-12-14-16-18-20-22-24-26-27-28-29-30-31-32-33-34-36-38-40-42-44-46-48-50-52-58(62)59-56(55-66-67(63,64)65-54-53-60(3,4)5)57(61)51-49-47-45-43-41-39-37-35-25-23-21-19-17-15-13-11-9-7-2/h8,10,14,16,20,22,26-27,29-30,32-33,36,38,41-44,49,51,56-57,61H,6-7,9,11-13,15,17-19,21,23-25,28,31,34-35,37,39-40,45-48,50,52-55H2,1-5H3,(H-,59,62,63,64)/b10-8-,16-14-,22-20-,27-26-,30-29-,33-32-,38-36-,43-41+,44-42-,51-49+. The smallest absolute Gasteiger partial charge is 0.268 e. The quantitative estimate of drug-likeness (QED) is 0.0272. The number of amides is 1. The van der Waals surface area contributed by atoms with E-state index in [0.29, 0.717) is 17.4 Å². The lowest BCUT2D eigenvalue weighted by molar-refractivity contribution is -0.870. The van der Waals surface area contributed by atoms with Crippen LogP contribution in [-0.4, -0.2) is 68.5 Å². The minimum atomic E-state index is -4.62. The zero-order chi connectivity index (χ0) is 49.2. The second kappa shape index (κ2) is 47.9. The summed E-state index contributed by atoms with van der Waals surface area (Å²) in [6, 6.07) is -0.936. The molecule has 0 aromatic carbocycles. The Morgan fingerprint density at radius 3 is 1.39 bits per heavy atom. The maximum absolute atomic E-state index is 12.9. The Labute approximate surface area is 412 Å². The van der Waals surface area contributed by atoms with Gasteiger partial charge in [0.1, 0.15) is 13.2 Å². The summed E-state index contributed by atoms with van der Waals surface area (Å²) < 4.78 is 23.2. The second-order valence-electron chi connectivity index (χ2n) is 18.5. The summed E-state index contributed by atoms with van der Waals surface area (Å²) in [6.07, 6.45) is 71.2. The highest BCUT2D eigenvalue weighted by Crippen LogP contribution is 2.38. The highest BCUT2D eigenvalue weighted by Gasteiger charge is 2.23. The summed E-state index contributed by atoms with van der Waals surface area (Å²) in [5.74, 6) is -0.255. The van der Waals surface area contributed by atoms with Crippen molar-refractivity contribution in [1.82, 2.24) is 5.32 Å². The van der Waals surface area contributed by atoms with E-state index in [1.54, 1.807) is 6.08 Å². The second-order valence-corrected chi connectivity index (χ2v) is 19.9. The lowest BCUT2D eigenvalue weighted by Crippen LogP contribution is -2.45. The molecule has 0 aromatic rings. The van der Waals surface area contributed by atoms with Crippen LogP contribution in [0.25, 0.3) is 0 Å². The predicted molar refractivity (Wildman–Crippen MR) is 288 cm³/mol. The van der Waals surface area contributed by atoms with Crippen molar-refractivity contribution in [2.45, 2.75) is 199 Å². The van der Waals surface area contributed by atoms with Crippen molar-refractivity contribution in [3.05, 3.63) is 122 Å². The van der Waals surface area contributed by atoms with Crippen LogP contribution in [0.15, 0.2) is 122 Å². The molecule has 0 aliphatic rings. The van der Waals surface area contributed by atoms with Gasteiger partial charge in [0, 0.05) is 6.42 Å². The van der Waals surface area contributed by atoms with Crippen LogP contribution in [-0.2, 0) is 18.4 Å². The summed E-state index contributed by atoms with van der Waals surface area (Å²) in [5.41, 5.74) is 0. The van der Waals surface area contributed by atoms with E-state index < -0.39 is 26.6 Å². The molecule has 3 unspecified atom stereocenters. The van der Waals surface area contributed by atoms with Crippen molar-refractivity contribution in [3.63, 3.8) is 0 Å². The van der Waals surface area contributed by atoms with Gasteiger partial charge in [0.15, 0.2) is 0 Å². The Morgan fingerprint density at radius 2 is 0.925 bits per heavy atom. The molecule has 0 aliphatic heterocycles. The summed E-state index contributed by atoms with van der Waals surface area (Å²) >= 11 is 0. The van der Waals surface area contributed by atoms with Crippen LogP contribution < -0.4 is 10.2 Å². The lowest BCUT2D eigenvalue weighted by Gasteiger charge is -2.29. The van der Waals surface area contributed by atoms with E-state index >= 15 is 0 Å². The molecule has 0 rings (SSSR count). The van der Waals surface area contributed by atoms with E-state index in [9.17, 15) is 19.4 Å². The van der Waals surface area contributed by atoms with Gasteiger partial charge in [-0.3, -0.25) is 9.36 Å². The van der Waals surface area contributed by atoms with Gasteiger partial charge in [-0.2, -0.15) is 0 Å². The topological polar surface area (TPSA) is 108 Å². The molecule has 0 heterocycles. The third-order valence-corrected chi connectivity index (χ3v) is 11.9. The van der Waals surface area contributed by atoms with Crippen molar-refractivity contribution in [3.8, 4) is 0 Å². The van der Waals surface area contributed by atoms with Gasteiger partial charge >= 0.3 is 0 Å². The number of nitrogens with zero attached hydrogens (tertiary/aromatic N) is 1. The van der Waals surface area contributed by atoms with Crippen molar-refractivity contribution in [1.29, 1.82) is 0 Å². The first-order valence-electron chi connectivity index (χ1n) is 26.4. The number of aliphatic hydroxyl groups is 1. The number of phosphoric acid groups is 1. The molecule has 3 atom stereocenters. The number of nitrogens with one attached hydrogen (secondary N) is 1. The zero-order valence-corrected chi connectivity index (χ0v) is 44.2. The molecule has 8 nitrogen and oxygen atoms in total. The van der Waals surface area contributed by atoms with Crippen LogP contribution in [0.1, 0.15) is 187 Å². The number of phosphoric ester groups is 1. The molecular weight excluding hydrogens is 852 g/mol. The van der Waals surface area contributed by atoms with Crippen LogP contribution in [0.3, 0.4) is 0 Å². The van der Waals surface area contributed by atoms with Gasteiger partial charge in [-0.25, -0.2) is 0 Å². The lowest BCUT2D eigenvalue weighted by atomic mass is 10.0. The maximum atomic E-state index is 12.9. The third kappa shape index (κ3) is 50.6. The minimum Gasteiger partial charge on any atom is -0.756 e. The van der Waals surface area contributed by atoms with Gasteiger partial charge in [-0.1, -0.05) is 206 Å². The van der Waals surface area contributed by atoms with E-state index in [0.717, 1.165) is 83.5 Å². The number of aliphatic hydroxyl groups excluding tert-OH is 1. The van der Waals surface area contributed by atoms with E-state index in [1.807, 2.05) is 27.2 Å². The first kappa shape index (κ1) is 63.9. The number of likely N-dealkylation sites (N-methyl/N-ethyl adjacent to an activating group) is 1. The Morgan fingerprint density at radius 1 is 0.537 bits per heavy atom. The Bertz CT molecular complexity index is 1500. The summed E-state index contributed by atoms with van der Waals surface area (Å²) in [4.78, 5) is 25.4. The average Bonchev–Trinajstić information content (AvgIpc) is 3.29.